The van der Waals surface area contributed by atoms with Crippen LogP contribution in [0.5, 0.6) is 5.75 Å². The number of hydrogen-bond donors (Lipinski definition) is 1. The Morgan fingerprint density at radius 2 is 2.07 bits per heavy atom. The molecule has 0 aliphatic heterocycles. The molecule has 0 bridgehead atoms. The second-order valence-electron chi connectivity index (χ2n) is 6.73. The van der Waals surface area contributed by atoms with Crippen LogP contribution in [0.3, 0.4) is 0 Å². The summed E-state index contributed by atoms with van der Waals surface area (Å²) in [5.41, 5.74) is 1.75. The summed E-state index contributed by atoms with van der Waals surface area (Å²) in [6, 6.07) is 7.38. The lowest BCUT2D eigenvalue weighted by molar-refractivity contribution is 0.0904. The van der Waals surface area contributed by atoms with Crippen LogP contribution in [-0.2, 0) is 6.61 Å². The van der Waals surface area contributed by atoms with Gasteiger partial charge in [0.15, 0.2) is 0 Å². The zero-order valence-corrected chi connectivity index (χ0v) is 15.6. The maximum atomic E-state index is 12.8. The Balaban J connectivity index is 1.45. The Labute approximate surface area is 160 Å². The molecule has 0 atom stereocenters. The van der Waals surface area contributed by atoms with Crippen LogP contribution in [0.2, 0.25) is 0 Å². The average molecular weight is 381 g/mol. The number of terminal acetylenes is 1. The van der Waals surface area contributed by atoms with Crippen molar-refractivity contribution in [2.24, 2.45) is 0 Å². The summed E-state index contributed by atoms with van der Waals surface area (Å²) in [4.78, 5) is 13.3. The molecule has 4 rings (SSSR count). The van der Waals surface area contributed by atoms with E-state index in [-0.39, 0.29) is 5.91 Å². The van der Waals surface area contributed by atoms with E-state index in [4.69, 9.17) is 15.8 Å². The summed E-state index contributed by atoms with van der Waals surface area (Å²) in [6.07, 6.45) is 10.6. The van der Waals surface area contributed by atoms with Gasteiger partial charge < -0.3 is 10.1 Å². The fraction of sp³-hybridized carbons (Fsp3) is 0.350. The van der Waals surface area contributed by atoms with Gasteiger partial charge in [0.25, 0.3) is 5.91 Å². The van der Waals surface area contributed by atoms with E-state index in [0.29, 0.717) is 28.3 Å². The molecule has 2 heterocycles. The number of rotatable bonds is 5. The number of nitrogens with one attached hydrogen (secondary N) is 1. The SMILES string of the molecule is C#CC1(NC(=O)c2sccc2OCc2ccc3nonc3c2)CCCCC1. The second-order valence-corrected chi connectivity index (χ2v) is 7.65. The lowest BCUT2D eigenvalue weighted by Crippen LogP contribution is -2.48. The minimum absolute atomic E-state index is 0.170. The summed E-state index contributed by atoms with van der Waals surface area (Å²) in [6.45, 7) is 0.320. The monoisotopic (exact) mass is 381 g/mol. The van der Waals surface area contributed by atoms with Crippen molar-refractivity contribution in [1.82, 2.24) is 15.6 Å². The second kappa shape index (κ2) is 7.41. The van der Waals surface area contributed by atoms with Crippen molar-refractivity contribution in [2.75, 3.05) is 0 Å². The third-order valence-corrected chi connectivity index (χ3v) is 5.78. The molecule has 27 heavy (non-hydrogen) atoms. The number of aromatic nitrogens is 2. The molecule has 1 aliphatic carbocycles. The Bertz CT molecular complexity index is 995. The maximum absolute atomic E-state index is 12.8. The predicted octanol–water partition coefficient (Wildman–Crippen LogP) is 3.93. The molecule has 3 aromatic rings. The zero-order chi connectivity index (χ0) is 18.7. The molecule has 0 saturated heterocycles. The van der Waals surface area contributed by atoms with Gasteiger partial charge in [0.2, 0.25) is 0 Å². The number of ether oxygens (including phenoxy) is 1. The van der Waals surface area contributed by atoms with Gasteiger partial charge in [-0.25, -0.2) is 4.63 Å². The summed E-state index contributed by atoms with van der Waals surface area (Å²) in [5.74, 6) is 3.20. The molecule has 1 N–H and O–H groups in total. The average Bonchev–Trinajstić information content (AvgIpc) is 3.35. The van der Waals surface area contributed by atoms with Crippen molar-refractivity contribution >= 4 is 28.3 Å². The number of amides is 1. The highest BCUT2D eigenvalue weighted by Crippen LogP contribution is 2.31. The van der Waals surface area contributed by atoms with E-state index in [2.05, 4.69) is 21.6 Å². The first kappa shape index (κ1) is 17.6. The van der Waals surface area contributed by atoms with Gasteiger partial charge in [0, 0.05) is 0 Å². The lowest BCUT2D eigenvalue weighted by atomic mass is 9.82. The summed E-state index contributed by atoms with van der Waals surface area (Å²) >= 11 is 1.35. The molecule has 0 unspecified atom stereocenters. The van der Waals surface area contributed by atoms with Gasteiger partial charge in [-0.15, -0.1) is 17.8 Å². The van der Waals surface area contributed by atoms with Gasteiger partial charge in [0.1, 0.15) is 33.8 Å². The molecule has 7 heteroatoms. The maximum Gasteiger partial charge on any atom is 0.266 e. The molecule has 1 saturated carbocycles. The van der Waals surface area contributed by atoms with Crippen LogP contribution in [0.1, 0.15) is 47.3 Å². The van der Waals surface area contributed by atoms with E-state index in [1.165, 1.54) is 11.3 Å². The van der Waals surface area contributed by atoms with Crippen LogP contribution >= 0.6 is 11.3 Å². The zero-order valence-electron chi connectivity index (χ0n) is 14.7. The van der Waals surface area contributed by atoms with Crippen LogP contribution in [0.15, 0.2) is 34.3 Å². The molecule has 0 radical (unpaired) electrons. The van der Waals surface area contributed by atoms with E-state index >= 15 is 0 Å². The van der Waals surface area contributed by atoms with Crippen LogP contribution in [-0.4, -0.2) is 21.8 Å². The van der Waals surface area contributed by atoms with E-state index < -0.39 is 5.54 Å². The van der Waals surface area contributed by atoms with Crippen LogP contribution in [0, 0.1) is 12.3 Å². The molecule has 1 fully saturated rings. The van der Waals surface area contributed by atoms with E-state index in [9.17, 15) is 4.79 Å². The summed E-state index contributed by atoms with van der Waals surface area (Å²) in [7, 11) is 0. The fourth-order valence-corrected chi connectivity index (χ4v) is 4.12. The van der Waals surface area contributed by atoms with E-state index in [1.807, 2.05) is 23.6 Å². The number of benzene rings is 1. The Hall–Kier alpha value is -2.85. The predicted molar refractivity (Wildman–Crippen MR) is 103 cm³/mol. The minimum Gasteiger partial charge on any atom is -0.487 e. The van der Waals surface area contributed by atoms with Crippen LogP contribution < -0.4 is 10.1 Å². The van der Waals surface area contributed by atoms with E-state index in [0.717, 1.165) is 37.7 Å². The molecule has 138 valence electrons. The van der Waals surface area contributed by atoms with Crippen molar-refractivity contribution < 1.29 is 14.2 Å². The third-order valence-electron chi connectivity index (χ3n) is 4.88. The Morgan fingerprint density at radius 1 is 1.26 bits per heavy atom. The molecule has 2 aromatic heterocycles. The Kier molecular flexibility index (Phi) is 4.82. The largest absolute Gasteiger partial charge is 0.487 e. The van der Waals surface area contributed by atoms with Crippen molar-refractivity contribution in [1.29, 1.82) is 0 Å². The first-order valence-corrected chi connectivity index (χ1v) is 9.79. The standard InChI is InChI=1S/C20H19N3O3S/c1-2-20(9-4-3-5-10-20)21-19(24)18-17(8-11-27-18)25-13-14-6-7-15-16(12-14)23-26-22-15/h1,6-8,11-12H,3-5,9-10,13H2,(H,21,24). The summed E-state index contributed by atoms with van der Waals surface area (Å²) < 4.78 is 10.6. The van der Waals surface area contributed by atoms with Crippen LogP contribution in [0.25, 0.3) is 11.0 Å². The Morgan fingerprint density at radius 3 is 2.89 bits per heavy atom. The first-order chi connectivity index (χ1) is 13.2. The molecule has 1 amide bonds. The molecular weight excluding hydrogens is 362 g/mol. The van der Waals surface area contributed by atoms with Crippen molar-refractivity contribution in [3.8, 4) is 18.1 Å². The molecule has 0 spiro atoms. The van der Waals surface area contributed by atoms with Crippen molar-refractivity contribution in [3.05, 3.63) is 40.1 Å². The topological polar surface area (TPSA) is 77.2 Å². The number of hydrogen-bond acceptors (Lipinski definition) is 6. The number of carbonyl (C=O) groups is 1. The van der Waals surface area contributed by atoms with Gasteiger partial charge in [-0.2, -0.15) is 0 Å². The molecule has 1 aliphatic rings. The van der Waals surface area contributed by atoms with Gasteiger partial charge in [-0.3, -0.25) is 4.79 Å². The van der Waals surface area contributed by atoms with Crippen LogP contribution in [0.4, 0.5) is 0 Å². The normalized spacial score (nSPS) is 16.0. The highest BCUT2D eigenvalue weighted by Gasteiger charge is 2.32. The number of thiophene rings is 1. The number of fused-ring (bicyclic) bond motifs is 1. The minimum atomic E-state index is -0.540. The van der Waals surface area contributed by atoms with E-state index in [1.54, 1.807) is 6.07 Å². The van der Waals surface area contributed by atoms with Crippen molar-refractivity contribution in [3.63, 3.8) is 0 Å². The quantitative estimate of drug-likeness (QED) is 0.678. The van der Waals surface area contributed by atoms with Gasteiger partial charge in [0.05, 0.1) is 0 Å². The first-order valence-electron chi connectivity index (χ1n) is 8.91. The lowest BCUT2D eigenvalue weighted by Gasteiger charge is -2.33. The fourth-order valence-electron chi connectivity index (χ4n) is 3.39. The number of carbonyl (C=O) groups excluding carboxylic acids is 1. The van der Waals surface area contributed by atoms with Gasteiger partial charge in [-0.05, 0) is 52.3 Å². The van der Waals surface area contributed by atoms with Gasteiger partial charge >= 0.3 is 0 Å². The highest BCUT2D eigenvalue weighted by atomic mass is 32.1. The number of nitrogens with zero attached hydrogens (tertiary/aromatic N) is 2. The van der Waals surface area contributed by atoms with Gasteiger partial charge in [-0.1, -0.05) is 31.2 Å². The molecular formula is C20H19N3O3S. The smallest absolute Gasteiger partial charge is 0.266 e. The molecule has 6 nitrogen and oxygen atoms in total. The third kappa shape index (κ3) is 3.67. The summed E-state index contributed by atoms with van der Waals surface area (Å²) in [5, 5.41) is 12.5. The molecule has 1 aromatic carbocycles. The highest BCUT2D eigenvalue weighted by molar-refractivity contribution is 7.12. The van der Waals surface area contributed by atoms with Crippen molar-refractivity contribution in [2.45, 2.75) is 44.2 Å².